The fourth-order valence-electron chi connectivity index (χ4n) is 1.54. The molecule has 0 bridgehead atoms. The molecule has 0 radical (unpaired) electrons. The summed E-state index contributed by atoms with van der Waals surface area (Å²) in [4.78, 5) is 18.5. The molecule has 1 aromatic heterocycles. The summed E-state index contributed by atoms with van der Waals surface area (Å²) in [6.45, 7) is 2.19. The van der Waals surface area contributed by atoms with Crippen LogP contribution in [0.1, 0.15) is 48.4 Å². The SMILES string of the molecule is CCOC(=O)c1cnc(C2CCC2)[nH]1. The Morgan fingerprint density at radius 2 is 2.50 bits per heavy atom. The van der Waals surface area contributed by atoms with Crippen molar-refractivity contribution in [1.29, 1.82) is 0 Å². The summed E-state index contributed by atoms with van der Waals surface area (Å²) in [5, 5.41) is 0. The number of aromatic nitrogens is 2. The minimum Gasteiger partial charge on any atom is -0.461 e. The summed E-state index contributed by atoms with van der Waals surface area (Å²) in [6, 6.07) is 0. The van der Waals surface area contributed by atoms with Gasteiger partial charge in [-0.25, -0.2) is 9.78 Å². The topological polar surface area (TPSA) is 55.0 Å². The van der Waals surface area contributed by atoms with E-state index in [4.69, 9.17) is 4.74 Å². The minimum absolute atomic E-state index is 0.314. The number of rotatable bonds is 3. The Balaban J connectivity index is 2.05. The normalized spacial score (nSPS) is 16.4. The average Bonchev–Trinajstić information content (AvgIpc) is 2.50. The average molecular weight is 194 g/mol. The van der Waals surface area contributed by atoms with Crippen LogP contribution < -0.4 is 0 Å². The lowest BCUT2D eigenvalue weighted by Crippen LogP contribution is -2.11. The van der Waals surface area contributed by atoms with Gasteiger partial charge in [-0.2, -0.15) is 0 Å². The molecule has 0 amide bonds. The number of H-pyrrole nitrogens is 1. The van der Waals surface area contributed by atoms with Crippen LogP contribution in [0.5, 0.6) is 0 Å². The third kappa shape index (κ3) is 1.64. The summed E-state index contributed by atoms with van der Waals surface area (Å²) in [6.07, 6.45) is 5.18. The lowest BCUT2D eigenvalue weighted by molar-refractivity contribution is 0.0520. The maximum absolute atomic E-state index is 11.3. The molecule has 1 fully saturated rings. The van der Waals surface area contributed by atoms with Gasteiger partial charge in [0, 0.05) is 5.92 Å². The van der Waals surface area contributed by atoms with E-state index >= 15 is 0 Å². The lowest BCUT2D eigenvalue weighted by atomic mass is 9.85. The van der Waals surface area contributed by atoms with E-state index in [0.29, 0.717) is 18.2 Å². The molecular weight excluding hydrogens is 180 g/mol. The van der Waals surface area contributed by atoms with Crippen LogP contribution in [0.2, 0.25) is 0 Å². The summed E-state index contributed by atoms with van der Waals surface area (Å²) < 4.78 is 4.86. The number of carbonyl (C=O) groups is 1. The van der Waals surface area contributed by atoms with Gasteiger partial charge in [0.1, 0.15) is 11.5 Å². The maximum atomic E-state index is 11.3. The van der Waals surface area contributed by atoms with Crippen LogP contribution in [0.25, 0.3) is 0 Å². The van der Waals surface area contributed by atoms with Gasteiger partial charge >= 0.3 is 5.97 Å². The van der Waals surface area contributed by atoms with Crippen LogP contribution >= 0.6 is 0 Å². The van der Waals surface area contributed by atoms with Gasteiger partial charge in [0.25, 0.3) is 0 Å². The van der Waals surface area contributed by atoms with Crippen LogP contribution in [-0.2, 0) is 4.74 Å². The number of hydrogen-bond acceptors (Lipinski definition) is 3. The van der Waals surface area contributed by atoms with Crippen molar-refractivity contribution < 1.29 is 9.53 Å². The van der Waals surface area contributed by atoms with Gasteiger partial charge in [-0.3, -0.25) is 0 Å². The zero-order chi connectivity index (χ0) is 9.97. The van der Waals surface area contributed by atoms with Crippen molar-refractivity contribution in [3.05, 3.63) is 17.7 Å². The van der Waals surface area contributed by atoms with E-state index in [9.17, 15) is 4.79 Å². The molecular formula is C10H14N2O2. The van der Waals surface area contributed by atoms with E-state index in [0.717, 1.165) is 5.82 Å². The highest BCUT2D eigenvalue weighted by Gasteiger charge is 2.23. The highest BCUT2D eigenvalue weighted by Crippen LogP contribution is 2.34. The Labute approximate surface area is 82.7 Å². The first kappa shape index (κ1) is 9.24. The zero-order valence-electron chi connectivity index (χ0n) is 8.25. The fraction of sp³-hybridized carbons (Fsp3) is 0.600. The first-order chi connectivity index (χ1) is 6.81. The fourth-order valence-corrected chi connectivity index (χ4v) is 1.54. The second kappa shape index (κ2) is 3.82. The van der Waals surface area contributed by atoms with Crippen molar-refractivity contribution >= 4 is 5.97 Å². The Hall–Kier alpha value is -1.32. The number of nitrogens with one attached hydrogen (secondary N) is 1. The van der Waals surface area contributed by atoms with Crippen LogP contribution in [0.3, 0.4) is 0 Å². The molecule has 1 aliphatic rings. The first-order valence-corrected chi connectivity index (χ1v) is 5.03. The molecule has 76 valence electrons. The molecule has 1 aromatic rings. The van der Waals surface area contributed by atoms with Gasteiger partial charge in [-0.1, -0.05) is 6.42 Å². The standard InChI is InChI=1S/C10H14N2O2/c1-2-14-10(13)8-6-11-9(12-8)7-4-3-5-7/h6-7H,2-5H2,1H3,(H,11,12). The second-order valence-corrected chi connectivity index (χ2v) is 3.53. The molecule has 1 N–H and O–H groups in total. The number of carbonyl (C=O) groups excluding carboxylic acids is 1. The van der Waals surface area contributed by atoms with E-state index in [1.807, 2.05) is 0 Å². The van der Waals surface area contributed by atoms with Crippen molar-refractivity contribution in [2.24, 2.45) is 0 Å². The molecule has 2 rings (SSSR count). The molecule has 14 heavy (non-hydrogen) atoms. The van der Waals surface area contributed by atoms with Gasteiger partial charge in [0.15, 0.2) is 0 Å². The van der Waals surface area contributed by atoms with Crippen LogP contribution in [0.4, 0.5) is 0 Å². The molecule has 0 aromatic carbocycles. The predicted octanol–water partition coefficient (Wildman–Crippen LogP) is 1.85. The summed E-state index contributed by atoms with van der Waals surface area (Å²) in [7, 11) is 0. The highest BCUT2D eigenvalue weighted by molar-refractivity contribution is 5.86. The van der Waals surface area contributed by atoms with Gasteiger partial charge in [-0.05, 0) is 19.8 Å². The highest BCUT2D eigenvalue weighted by atomic mass is 16.5. The van der Waals surface area contributed by atoms with Crippen molar-refractivity contribution in [3.8, 4) is 0 Å². The molecule has 0 atom stereocenters. The number of esters is 1. The molecule has 1 aliphatic carbocycles. The van der Waals surface area contributed by atoms with Crippen molar-refractivity contribution in [1.82, 2.24) is 9.97 Å². The number of aromatic amines is 1. The zero-order valence-corrected chi connectivity index (χ0v) is 8.25. The quantitative estimate of drug-likeness (QED) is 0.747. The van der Waals surface area contributed by atoms with Crippen LogP contribution in [0, 0.1) is 0 Å². The largest absolute Gasteiger partial charge is 0.461 e. The number of ether oxygens (including phenoxy) is 1. The molecule has 1 saturated carbocycles. The lowest BCUT2D eigenvalue weighted by Gasteiger charge is -2.22. The van der Waals surface area contributed by atoms with Crippen LogP contribution in [-0.4, -0.2) is 22.5 Å². The maximum Gasteiger partial charge on any atom is 0.356 e. The van der Waals surface area contributed by atoms with Gasteiger partial charge < -0.3 is 9.72 Å². The monoisotopic (exact) mass is 194 g/mol. The van der Waals surface area contributed by atoms with E-state index < -0.39 is 0 Å². The molecule has 4 heteroatoms. The van der Waals surface area contributed by atoms with Crippen molar-refractivity contribution in [2.75, 3.05) is 6.61 Å². The molecule has 0 saturated heterocycles. The number of nitrogens with zero attached hydrogens (tertiary/aromatic N) is 1. The van der Waals surface area contributed by atoms with E-state index in [2.05, 4.69) is 9.97 Å². The Bertz CT molecular complexity index is 329. The van der Waals surface area contributed by atoms with E-state index in [1.54, 1.807) is 13.1 Å². The molecule has 1 heterocycles. The molecule has 0 unspecified atom stereocenters. The summed E-state index contributed by atoms with van der Waals surface area (Å²) in [5.74, 6) is 1.14. The van der Waals surface area contributed by atoms with Crippen molar-refractivity contribution in [3.63, 3.8) is 0 Å². The predicted molar refractivity (Wildman–Crippen MR) is 51.1 cm³/mol. The Morgan fingerprint density at radius 3 is 3.07 bits per heavy atom. The van der Waals surface area contributed by atoms with Crippen LogP contribution in [0.15, 0.2) is 6.20 Å². The third-order valence-electron chi connectivity index (χ3n) is 2.58. The second-order valence-electron chi connectivity index (χ2n) is 3.53. The smallest absolute Gasteiger partial charge is 0.356 e. The Morgan fingerprint density at radius 1 is 1.71 bits per heavy atom. The third-order valence-corrected chi connectivity index (χ3v) is 2.58. The summed E-state index contributed by atoms with van der Waals surface area (Å²) >= 11 is 0. The summed E-state index contributed by atoms with van der Waals surface area (Å²) in [5.41, 5.74) is 0.466. The molecule has 0 aliphatic heterocycles. The van der Waals surface area contributed by atoms with Crippen molar-refractivity contribution in [2.45, 2.75) is 32.1 Å². The van der Waals surface area contributed by atoms with E-state index in [1.165, 1.54) is 19.3 Å². The van der Waals surface area contributed by atoms with Gasteiger partial charge in [-0.15, -0.1) is 0 Å². The first-order valence-electron chi connectivity index (χ1n) is 5.03. The molecule has 0 spiro atoms. The number of imidazole rings is 1. The number of hydrogen-bond donors (Lipinski definition) is 1. The van der Waals surface area contributed by atoms with Gasteiger partial charge in [0.05, 0.1) is 12.8 Å². The minimum atomic E-state index is -0.314. The Kier molecular flexibility index (Phi) is 2.52. The van der Waals surface area contributed by atoms with E-state index in [-0.39, 0.29) is 5.97 Å². The molecule has 4 nitrogen and oxygen atoms in total. The van der Waals surface area contributed by atoms with Gasteiger partial charge in [0.2, 0.25) is 0 Å².